The molecule has 0 unspecified atom stereocenters. The maximum absolute atomic E-state index is 10.8. The van der Waals surface area contributed by atoms with Crippen LogP contribution in [0.3, 0.4) is 0 Å². The second-order valence-electron chi connectivity index (χ2n) is 3.04. The zero-order valence-electron chi connectivity index (χ0n) is 7.16. The fraction of sp³-hybridized carbons (Fsp3) is 0.875. The first-order valence-corrected chi connectivity index (χ1v) is 4.80. The third kappa shape index (κ3) is 2.49. The molecule has 0 bridgehead atoms. The Hall–Kier alpha value is -0.0200. The molecule has 0 N–H and O–H groups in total. The van der Waals surface area contributed by atoms with E-state index >= 15 is 0 Å². The molecule has 64 valence electrons. The van der Waals surface area contributed by atoms with Crippen LogP contribution in [0.25, 0.3) is 0 Å². The Kier molecular flexibility index (Phi) is 2.96. The fourth-order valence-corrected chi connectivity index (χ4v) is 2.43. The van der Waals surface area contributed by atoms with Crippen molar-refractivity contribution in [2.75, 3.05) is 0 Å². The molecule has 0 aliphatic carbocycles. The Bertz CT molecular complexity index is 158. The molecule has 2 nitrogen and oxygen atoms in total. The summed E-state index contributed by atoms with van der Waals surface area (Å²) in [4.78, 5) is 10.8. The van der Waals surface area contributed by atoms with Crippen molar-refractivity contribution in [1.82, 2.24) is 0 Å². The minimum absolute atomic E-state index is 0.194. The van der Waals surface area contributed by atoms with Crippen LogP contribution in [-0.4, -0.2) is 22.6 Å². The van der Waals surface area contributed by atoms with Gasteiger partial charge in [-0.3, -0.25) is 4.79 Å². The summed E-state index contributed by atoms with van der Waals surface area (Å²) in [6, 6.07) is 0. The van der Waals surface area contributed by atoms with Crippen molar-refractivity contribution < 1.29 is 9.53 Å². The first-order valence-electron chi connectivity index (χ1n) is 3.92. The van der Waals surface area contributed by atoms with Crippen molar-refractivity contribution >= 4 is 16.9 Å². The number of carbonyl (C=O) groups is 1. The molecule has 0 radical (unpaired) electrons. The molecule has 3 heteroatoms. The smallest absolute Gasteiger partial charge is 0.186 e. The molecule has 1 aliphatic heterocycles. The zero-order chi connectivity index (χ0) is 8.43. The van der Waals surface area contributed by atoms with Gasteiger partial charge in [-0.15, -0.1) is 0 Å². The van der Waals surface area contributed by atoms with Gasteiger partial charge in [-0.05, 0) is 20.3 Å². The molecule has 1 rings (SSSR count). The highest BCUT2D eigenvalue weighted by Gasteiger charge is 2.30. The van der Waals surface area contributed by atoms with Crippen LogP contribution in [-0.2, 0) is 9.53 Å². The normalized spacial score (nSPS) is 37.5. The molecule has 0 saturated carbocycles. The molecule has 0 aromatic heterocycles. The lowest BCUT2D eigenvalue weighted by Crippen LogP contribution is -2.14. The molecule has 1 saturated heterocycles. The second-order valence-corrected chi connectivity index (χ2v) is 4.45. The topological polar surface area (TPSA) is 26.3 Å². The Balaban J connectivity index is 2.40. The van der Waals surface area contributed by atoms with E-state index in [0.717, 1.165) is 6.42 Å². The van der Waals surface area contributed by atoms with Gasteiger partial charge in [0.2, 0.25) is 0 Å². The van der Waals surface area contributed by atoms with Crippen LogP contribution in [0, 0.1) is 0 Å². The van der Waals surface area contributed by atoms with E-state index in [-0.39, 0.29) is 11.2 Å². The van der Waals surface area contributed by atoms with E-state index in [0.29, 0.717) is 11.4 Å². The van der Waals surface area contributed by atoms with Crippen LogP contribution in [0.4, 0.5) is 0 Å². The number of hydrogen-bond acceptors (Lipinski definition) is 3. The fourth-order valence-electron chi connectivity index (χ4n) is 1.39. The third-order valence-electron chi connectivity index (χ3n) is 1.85. The Morgan fingerprint density at radius 2 is 2.18 bits per heavy atom. The number of hydrogen-bond donors (Lipinski definition) is 0. The van der Waals surface area contributed by atoms with Gasteiger partial charge in [-0.1, -0.05) is 11.8 Å². The summed E-state index contributed by atoms with van der Waals surface area (Å²) in [6.07, 6.45) is 1.56. The third-order valence-corrected chi connectivity index (χ3v) is 3.06. The largest absolute Gasteiger partial charge is 0.374 e. The maximum atomic E-state index is 10.8. The molecular weight excluding hydrogens is 160 g/mol. The van der Waals surface area contributed by atoms with Crippen LogP contribution in [0.5, 0.6) is 0 Å². The predicted molar refractivity (Wildman–Crippen MR) is 46.7 cm³/mol. The van der Waals surface area contributed by atoms with E-state index in [4.69, 9.17) is 4.74 Å². The van der Waals surface area contributed by atoms with Crippen molar-refractivity contribution in [3.8, 4) is 0 Å². The first kappa shape index (κ1) is 9.07. The molecular formula is C8H14O2S. The summed E-state index contributed by atoms with van der Waals surface area (Å²) in [7, 11) is 0. The van der Waals surface area contributed by atoms with Gasteiger partial charge in [0.25, 0.3) is 0 Å². The number of rotatable bonds is 1. The quantitative estimate of drug-likeness (QED) is 0.606. The number of carbonyl (C=O) groups excluding carboxylic acids is 1. The predicted octanol–water partition coefficient (Wildman–Crippen LogP) is 1.83. The molecule has 3 atom stereocenters. The van der Waals surface area contributed by atoms with E-state index in [1.807, 2.05) is 6.92 Å². The van der Waals surface area contributed by atoms with Gasteiger partial charge in [0.1, 0.15) is 0 Å². The minimum Gasteiger partial charge on any atom is -0.374 e. The van der Waals surface area contributed by atoms with Gasteiger partial charge in [0, 0.05) is 12.2 Å². The number of ether oxygens (including phenoxy) is 1. The summed E-state index contributed by atoms with van der Waals surface area (Å²) >= 11 is 1.41. The summed E-state index contributed by atoms with van der Waals surface area (Å²) in [5.41, 5.74) is 0. The molecule has 0 amide bonds. The number of thioether (sulfide) groups is 1. The van der Waals surface area contributed by atoms with Gasteiger partial charge >= 0.3 is 0 Å². The van der Waals surface area contributed by atoms with Gasteiger partial charge in [0.05, 0.1) is 12.2 Å². The van der Waals surface area contributed by atoms with Crippen LogP contribution >= 0.6 is 11.8 Å². The van der Waals surface area contributed by atoms with Crippen molar-refractivity contribution in [2.45, 2.75) is 44.6 Å². The van der Waals surface area contributed by atoms with Crippen molar-refractivity contribution in [2.24, 2.45) is 0 Å². The SMILES string of the molecule is CC(=O)S[C@H]1C[C@@H](C)O[C@H]1C. The standard InChI is InChI=1S/C8H14O2S/c1-5-4-8(6(2)10-5)11-7(3)9/h5-6,8H,4H2,1-3H3/t5-,6+,8+/m1/s1. The van der Waals surface area contributed by atoms with Gasteiger partial charge in [-0.25, -0.2) is 0 Å². The average Bonchev–Trinajstić information content (AvgIpc) is 2.09. The monoisotopic (exact) mass is 174 g/mol. The summed E-state index contributed by atoms with van der Waals surface area (Å²) in [5, 5.41) is 0.571. The minimum atomic E-state index is 0.194. The average molecular weight is 174 g/mol. The summed E-state index contributed by atoms with van der Waals surface area (Å²) in [6.45, 7) is 5.70. The van der Waals surface area contributed by atoms with Gasteiger partial charge in [-0.2, -0.15) is 0 Å². The highest BCUT2D eigenvalue weighted by Crippen LogP contribution is 2.30. The van der Waals surface area contributed by atoms with Crippen molar-refractivity contribution in [3.05, 3.63) is 0 Å². The van der Waals surface area contributed by atoms with E-state index in [2.05, 4.69) is 6.92 Å². The van der Waals surface area contributed by atoms with Gasteiger partial charge in [0.15, 0.2) is 5.12 Å². The van der Waals surface area contributed by atoms with Crippen molar-refractivity contribution in [1.29, 1.82) is 0 Å². The van der Waals surface area contributed by atoms with Crippen LogP contribution in [0.15, 0.2) is 0 Å². The lowest BCUT2D eigenvalue weighted by molar-refractivity contribution is -0.109. The Labute approximate surface area is 71.7 Å². The highest BCUT2D eigenvalue weighted by atomic mass is 32.2. The molecule has 0 aromatic carbocycles. The van der Waals surface area contributed by atoms with Crippen LogP contribution in [0.2, 0.25) is 0 Å². The molecule has 1 aliphatic rings. The molecule has 1 heterocycles. The second kappa shape index (κ2) is 3.59. The lowest BCUT2D eigenvalue weighted by Gasteiger charge is -2.09. The molecule has 0 aromatic rings. The Morgan fingerprint density at radius 1 is 1.55 bits per heavy atom. The molecule has 1 fully saturated rings. The van der Waals surface area contributed by atoms with E-state index in [1.165, 1.54) is 11.8 Å². The zero-order valence-corrected chi connectivity index (χ0v) is 7.98. The van der Waals surface area contributed by atoms with Crippen LogP contribution < -0.4 is 0 Å². The van der Waals surface area contributed by atoms with E-state index in [9.17, 15) is 4.79 Å². The summed E-state index contributed by atoms with van der Waals surface area (Å²) < 4.78 is 5.50. The highest BCUT2D eigenvalue weighted by molar-refractivity contribution is 8.14. The van der Waals surface area contributed by atoms with E-state index < -0.39 is 0 Å². The van der Waals surface area contributed by atoms with Gasteiger partial charge < -0.3 is 4.74 Å². The Morgan fingerprint density at radius 3 is 2.55 bits per heavy atom. The lowest BCUT2D eigenvalue weighted by atomic mass is 10.2. The van der Waals surface area contributed by atoms with E-state index in [1.54, 1.807) is 6.92 Å². The summed E-state index contributed by atoms with van der Waals surface area (Å²) in [5.74, 6) is 0. The molecule has 11 heavy (non-hydrogen) atoms. The maximum Gasteiger partial charge on any atom is 0.186 e. The molecule has 0 spiro atoms. The van der Waals surface area contributed by atoms with Crippen LogP contribution in [0.1, 0.15) is 27.2 Å². The first-order chi connectivity index (χ1) is 5.09. The van der Waals surface area contributed by atoms with Crippen molar-refractivity contribution in [3.63, 3.8) is 0 Å².